The molecule has 0 saturated heterocycles. The van der Waals surface area contributed by atoms with Gasteiger partial charge in [0.1, 0.15) is 5.82 Å². The van der Waals surface area contributed by atoms with E-state index >= 15 is 0 Å². The first kappa shape index (κ1) is 62.5. The number of hydrogen-bond acceptors (Lipinski definition) is 10. The van der Waals surface area contributed by atoms with E-state index in [1.165, 1.54) is 4.90 Å². The molecule has 4 aromatic heterocycles. The van der Waals surface area contributed by atoms with Crippen LogP contribution < -0.4 is 11.1 Å². The molecule has 0 unspecified atom stereocenters. The van der Waals surface area contributed by atoms with Crippen molar-refractivity contribution in [3.8, 4) is 0 Å². The van der Waals surface area contributed by atoms with Gasteiger partial charge in [-0.2, -0.15) is 0 Å². The summed E-state index contributed by atoms with van der Waals surface area (Å²) >= 11 is 0. The van der Waals surface area contributed by atoms with E-state index in [-0.39, 0.29) is 153 Å². The average molecular weight is 833 g/mol. The van der Waals surface area contributed by atoms with E-state index in [2.05, 4.69) is 53.5 Å². The van der Waals surface area contributed by atoms with Crippen LogP contribution in [0.15, 0.2) is 45.7 Å². The Kier molecular flexibility index (Phi) is 69.7. The van der Waals surface area contributed by atoms with Gasteiger partial charge in [-0.25, -0.2) is 9.97 Å². The molecule has 38 heavy (non-hydrogen) atoms. The molecule has 0 amide bonds. The molecule has 0 spiro atoms. The van der Waals surface area contributed by atoms with Crippen LogP contribution in [0.4, 0.5) is 11.6 Å². The summed E-state index contributed by atoms with van der Waals surface area (Å²) in [5, 5.41) is 11.5. The molecule has 10 nitrogen and oxygen atoms in total. The zero-order valence-corrected chi connectivity index (χ0v) is 32.4. The average Bonchev–Trinajstić information content (AvgIpc) is 3.42. The first-order valence-corrected chi connectivity index (χ1v) is 9.30. The molecule has 4 aromatic rings. The summed E-state index contributed by atoms with van der Waals surface area (Å²) < 4.78 is 9.64. The Bertz CT molecular complexity index is 956. The molecule has 4 heterocycles. The van der Waals surface area contributed by atoms with Crippen LogP contribution in [0.25, 0.3) is 22.2 Å². The summed E-state index contributed by atoms with van der Waals surface area (Å²) in [7, 11) is 12.0. The fourth-order valence-corrected chi connectivity index (χ4v) is 1.71. The Morgan fingerprint density at radius 3 is 1.53 bits per heavy atom. The zero-order valence-electron chi connectivity index (χ0n) is 21.0. The second-order valence-electron chi connectivity index (χ2n) is 4.84. The number of hydrogen-bond donors (Lipinski definition) is 2. The van der Waals surface area contributed by atoms with Crippen molar-refractivity contribution in [1.82, 2.24) is 25.2 Å². The minimum absolute atomic E-state index is 0. The maximum Gasteiger partial charge on any atom is 0.259 e. The Morgan fingerprint density at radius 1 is 0.816 bits per heavy atom. The standard InChI is InChI=1S/C7H6N3O.C6H5N3O.C3H7N.2C2H6.CHO.3CH4.4Y/c1-8-6-5-3-2-4-9-7(5)11-10-6;7-5-4-2-1-3-8-6(4)10-9-5;1-4(2)3;3*1-2;;;;;;;/h2-4H,1H2,(H,8,10);1-3H,(H2,7,9);1-2H2,3H3;2*1-2H3;1H;3*1H4;;;;/q-1;;-2;;;-1;;;;;;;. The van der Waals surface area contributed by atoms with Crippen molar-refractivity contribution in [3.05, 3.63) is 57.8 Å². The monoisotopic (exact) mass is 833 g/mol. The van der Waals surface area contributed by atoms with E-state index in [1.54, 1.807) is 25.5 Å². The van der Waals surface area contributed by atoms with Gasteiger partial charge in [-0.15, -0.1) is 0 Å². The number of anilines is 2. The Hall–Kier alpha value is 0.886. The molecule has 3 N–H and O–H groups in total. The number of aromatic nitrogens is 4. The predicted octanol–water partition coefficient (Wildman–Crippen LogP) is 6.41. The van der Waals surface area contributed by atoms with Crippen molar-refractivity contribution < 1.29 is 145 Å². The first-order chi connectivity index (χ1) is 15.0. The van der Waals surface area contributed by atoms with Gasteiger partial charge in [0, 0.05) is 143 Å². The maximum absolute atomic E-state index is 7.75. The SMILES string of the molecule is C.C.C.CC.CC.Nc1noc2ncccc12.[CH-]=O.[CH2-]N([CH2-])C.[CH2-]Nc1noc2ncccc12.[Y].[Y].[Y].[Y]. The third-order valence-corrected chi connectivity index (χ3v) is 2.69. The van der Waals surface area contributed by atoms with Crippen molar-refractivity contribution in [2.45, 2.75) is 50.0 Å². The molecule has 208 valence electrons. The van der Waals surface area contributed by atoms with E-state index in [0.717, 1.165) is 10.8 Å². The Morgan fingerprint density at radius 2 is 1.16 bits per heavy atom. The molecule has 14 heteroatoms. The summed E-state index contributed by atoms with van der Waals surface area (Å²) in [6.45, 7) is 11.2. The summed E-state index contributed by atoms with van der Waals surface area (Å²) in [5.74, 6) is 1.01. The van der Waals surface area contributed by atoms with Crippen molar-refractivity contribution in [3.63, 3.8) is 0 Å². The molecule has 4 rings (SSSR count). The van der Waals surface area contributed by atoms with Gasteiger partial charge in [0.2, 0.25) is 0 Å². The van der Waals surface area contributed by atoms with Gasteiger partial charge < -0.3 is 43.9 Å². The molecule has 0 aliphatic heterocycles. The Balaban J connectivity index is -0.0000000418. The first-order valence-electron chi connectivity index (χ1n) is 9.30. The minimum atomic E-state index is 0. The Labute approximate surface area is 331 Å². The van der Waals surface area contributed by atoms with Gasteiger partial charge >= 0.3 is 0 Å². The fraction of sp³-hybridized carbons (Fsp3) is 0.333. The number of carbonyl (C=O) groups excluding carboxylic acids is 1. The second-order valence-corrected chi connectivity index (χ2v) is 4.84. The van der Waals surface area contributed by atoms with E-state index in [0.29, 0.717) is 23.1 Å². The molecule has 4 radical (unpaired) electrons. The third kappa shape index (κ3) is 25.8. The van der Waals surface area contributed by atoms with E-state index < -0.39 is 0 Å². The second kappa shape index (κ2) is 42.4. The van der Waals surface area contributed by atoms with Crippen LogP contribution >= 0.6 is 0 Å². The van der Waals surface area contributed by atoms with Gasteiger partial charge in [-0.1, -0.05) is 67.3 Å². The van der Waals surface area contributed by atoms with Gasteiger partial charge in [-0.05, 0) is 24.3 Å². The van der Waals surface area contributed by atoms with Crippen LogP contribution in [0, 0.1) is 21.1 Å². The van der Waals surface area contributed by atoms with Crippen LogP contribution in [0.5, 0.6) is 0 Å². The number of pyridine rings is 2. The van der Waals surface area contributed by atoms with Crippen molar-refractivity contribution in [2.75, 3.05) is 18.1 Å². The summed E-state index contributed by atoms with van der Waals surface area (Å²) in [6.07, 6.45) is 3.29. The normalized spacial score (nSPS) is 7.08. The van der Waals surface area contributed by atoms with Crippen LogP contribution in [-0.2, 0) is 136 Å². The summed E-state index contributed by atoms with van der Waals surface area (Å²) in [4.78, 5) is 17.1. The predicted molar refractivity (Wildman–Crippen MR) is 145 cm³/mol. The van der Waals surface area contributed by atoms with Crippen LogP contribution in [0.3, 0.4) is 0 Å². The molecule has 0 aliphatic carbocycles. The number of rotatable bonds is 1. The smallest absolute Gasteiger partial charge is 0.259 e. The molecule has 0 aromatic carbocycles. The zero-order chi connectivity index (χ0) is 24.2. The van der Waals surface area contributed by atoms with Gasteiger partial charge in [0.25, 0.3) is 11.4 Å². The third-order valence-electron chi connectivity index (χ3n) is 2.69. The molecule has 0 saturated carbocycles. The van der Waals surface area contributed by atoms with E-state index in [9.17, 15) is 0 Å². The van der Waals surface area contributed by atoms with Gasteiger partial charge in [-0.3, -0.25) is 13.8 Å². The summed E-state index contributed by atoms with van der Waals surface area (Å²) in [5.41, 5.74) is 6.44. The van der Waals surface area contributed by atoms with E-state index in [4.69, 9.17) is 19.6 Å². The molecule has 0 atom stereocenters. The summed E-state index contributed by atoms with van der Waals surface area (Å²) in [6, 6.07) is 7.29. The number of nitrogen functional groups attached to an aromatic ring is 1. The quantitative estimate of drug-likeness (QED) is 0.164. The number of fused-ring (bicyclic) bond motifs is 2. The topological polar surface area (TPSA) is 136 Å². The number of nitrogens with two attached hydrogens (primary N) is 1. The molecular weight excluding hydrogens is 790 g/mol. The minimum Gasteiger partial charge on any atom is -0.613 e. The maximum atomic E-state index is 7.75. The van der Waals surface area contributed by atoms with Crippen molar-refractivity contribution >= 4 is 40.6 Å². The molecule has 0 bridgehead atoms. The molecule has 0 aliphatic rings. The largest absolute Gasteiger partial charge is 0.613 e. The number of nitrogens with zero attached hydrogens (tertiary/aromatic N) is 5. The van der Waals surface area contributed by atoms with Crippen LogP contribution in [0.1, 0.15) is 50.0 Å². The van der Waals surface area contributed by atoms with Crippen molar-refractivity contribution in [1.29, 1.82) is 0 Å². The molecule has 0 fully saturated rings. The van der Waals surface area contributed by atoms with Crippen LogP contribution in [-0.4, -0.2) is 39.0 Å². The van der Waals surface area contributed by atoms with Crippen LogP contribution in [0.2, 0.25) is 0 Å². The van der Waals surface area contributed by atoms with Gasteiger partial charge in [0.05, 0.1) is 10.8 Å². The van der Waals surface area contributed by atoms with Gasteiger partial charge in [0.15, 0.2) is 5.82 Å². The number of nitrogens with one attached hydrogen (secondary N) is 1. The van der Waals surface area contributed by atoms with E-state index in [1.807, 2.05) is 45.9 Å². The molecular formula is C24H43N7O3Y4-4. The van der Waals surface area contributed by atoms with Crippen molar-refractivity contribution in [2.24, 2.45) is 0 Å². The fourth-order valence-electron chi connectivity index (χ4n) is 1.71.